The van der Waals surface area contributed by atoms with Crippen molar-refractivity contribution < 1.29 is 31.1 Å². The standard InChI is InChI=1S/C20H15F6N3OS/c21-19(22,23)14-8-13(9-15(10-14)20(24,25)26)18(30)28-5-1-2-17-29-16(11-31-17)12-3-6-27-7-4-12/h3-4,6-11H,1-2,5H2,(H,28,30). The first kappa shape index (κ1) is 22.7. The van der Waals surface area contributed by atoms with Crippen molar-refractivity contribution in [2.45, 2.75) is 25.2 Å². The van der Waals surface area contributed by atoms with Gasteiger partial charge in [0.1, 0.15) is 0 Å². The van der Waals surface area contributed by atoms with Gasteiger partial charge >= 0.3 is 12.4 Å². The van der Waals surface area contributed by atoms with E-state index < -0.39 is 35.0 Å². The molecule has 2 heterocycles. The topological polar surface area (TPSA) is 54.9 Å². The Bertz CT molecular complexity index is 1010. The number of carbonyl (C=O) groups is 1. The van der Waals surface area contributed by atoms with Gasteiger partial charge in [0.25, 0.3) is 5.91 Å². The highest BCUT2D eigenvalue weighted by atomic mass is 32.1. The molecule has 0 saturated heterocycles. The minimum Gasteiger partial charge on any atom is -0.352 e. The van der Waals surface area contributed by atoms with Gasteiger partial charge in [-0.3, -0.25) is 9.78 Å². The maximum Gasteiger partial charge on any atom is 0.416 e. The summed E-state index contributed by atoms with van der Waals surface area (Å²) in [4.78, 5) is 20.5. The molecule has 0 aliphatic heterocycles. The number of pyridine rings is 1. The van der Waals surface area contributed by atoms with Crippen LogP contribution in [0.25, 0.3) is 11.3 Å². The number of carbonyl (C=O) groups excluding carboxylic acids is 1. The molecule has 0 radical (unpaired) electrons. The van der Waals surface area contributed by atoms with E-state index in [9.17, 15) is 31.1 Å². The first-order chi connectivity index (χ1) is 14.5. The molecule has 1 amide bonds. The Labute approximate surface area is 177 Å². The van der Waals surface area contributed by atoms with Gasteiger partial charge in [-0.2, -0.15) is 26.3 Å². The zero-order chi connectivity index (χ0) is 22.6. The van der Waals surface area contributed by atoms with Crippen molar-refractivity contribution in [3.63, 3.8) is 0 Å². The molecule has 3 rings (SSSR count). The average molecular weight is 459 g/mol. The molecule has 4 nitrogen and oxygen atoms in total. The normalized spacial score (nSPS) is 12.1. The van der Waals surface area contributed by atoms with E-state index in [1.54, 1.807) is 12.4 Å². The largest absolute Gasteiger partial charge is 0.416 e. The van der Waals surface area contributed by atoms with Crippen LogP contribution in [0.2, 0.25) is 0 Å². The molecule has 0 aliphatic carbocycles. The summed E-state index contributed by atoms with van der Waals surface area (Å²) in [5.41, 5.74) is -2.08. The zero-order valence-electron chi connectivity index (χ0n) is 15.7. The molecule has 1 N–H and O–H groups in total. The van der Waals surface area contributed by atoms with Crippen LogP contribution in [0.4, 0.5) is 26.3 Å². The lowest BCUT2D eigenvalue weighted by atomic mass is 10.0. The minimum absolute atomic E-state index is 0.0143. The van der Waals surface area contributed by atoms with Crippen LogP contribution in [0.5, 0.6) is 0 Å². The van der Waals surface area contributed by atoms with Gasteiger partial charge in [0.15, 0.2) is 0 Å². The van der Waals surface area contributed by atoms with E-state index in [0.717, 1.165) is 16.3 Å². The second kappa shape index (κ2) is 9.04. The number of aryl methyl sites for hydroxylation is 1. The lowest BCUT2D eigenvalue weighted by Gasteiger charge is -2.14. The molecule has 2 aromatic heterocycles. The molecular formula is C20H15F6N3OS. The molecule has 1 aromatic carbocycles. The van der Waals surface area contributed by atoms with Gasteiger partial charge in [-0.05, 0) is 36.8 Å². The van der Waals surface area contributed by atoms with Crippen molar-refractivity contribution in [1.29, 1.82) is 0 Å². The summed E-state index contributed by atoms with van der Waals surface area (Å²) in [5, 5.41) is 5.02. The van der Waals surface area contributed by atoms with Crippen molar-refractivity contribution in [2.75, 3.05) is 6.54 Å². The van der Waals surface area contributed by atoms with Crippen molar-refractivity contribution in [3.8, 4) is 11.3 Å². The molecular weight excluding hydrogens is 444 g/mol. The van der Waals surface area contributed by atoms with Gasteiger partial charge < -0.3 is 5.32 Å². The van der Waals surface area contributed by atoms with E-state index in [4.69, 9.17) is 0 Å². The molecule has 11 heteroatoms. The fourth-order valence-electron chi connectivity index (χ4n) is 2.71. The van der Waals surface area contributed by atoms with Crippen LogP contribution in [0.15, 0.2) is 48.1 Å². The number of halogens is 6. The van der Waals surface area contributed by atoms with Crippen molar-refractivity contribution in [1.82, 2.24) is 15.3 Å². The maximum absolute atomic E-state index is 12.9. The number of amides is 1. The molecule has 0 spiro atoms. The van der Waals surface area contributed by atoms with Crippen LogP contribution in [-0.4, -0.2) is 22.4 Å². The van der Waals surface area contributed by atoms with Crippen molar-refractivity contribution >= 4 is 17.2 Å². The third-order valence-electron chi connectivity index (χ3n) is 4.23. The number of aromatic nitrogens is 2. The summed E-state index contributed by atoms with van der Waals surface area (Å²) >= 11 is 1.41. The third-order valence-corrected chi connectivity index (χ3v) is 5.14. The molecule has 0 atom stereocenters. The first-order valence-corrected chi connectivity index (χ1v) is 9.84. The molecule has 0 bridgehead atoms. The predicted molar refractivity (Wildman–Crippen MR) is 102 cm³/mol. The molecule has 0 saturated carbocycles. The number of nitrogens with zero attached hydrogens (tertiary/aromatic N) is 2. The van der Waals surface area contributed by atoms with Crippen molar-refractivity contribution in [3.05, 3.63) is 69.8 Å². The highest BCUT2D eigenvalue weighted by molar-refractivity contribution is 7.09. The number of rotatable bonds is 6. The SMILES string of the molecule is O=C(NCCCc1nc(-c2ccncc2)cs1)c1cc(C(F)(F)F)cc(C(F)(F)F)c1. The van der Waals surface area contributed by atoms with E-state index in [2.05, 4.69) is 15.3 Å². The Morgan fingerprint density at radius 2 is 1.58 bits per heavy atom. The smallest absolute Gasteiger partial charge is 0.352 e. The van der Waals surface area contributed by atoms with Crippen LogP contribution in [0.1, 0.15) is 32.9 Å². The van der Waals surface area contributed by atoms with Gasteiger partial charge in [-0.1, -0.05) is 0 Å². The first-order valence-electron chi connectivity index (χ1n) is 8.96. The monoisotopic (exact) mass is 459 g/mol. The molecule has 0 aliphatic rings. The molecule has 3 aromatic rings. The van der Waals surface area contributed by atoms with E-state index in [-0.39, 0.29) is 12.6 Å². The summed E-state index contributed by atoms with van der Waals surface area (Å²) in [6.45, 7) is 0.0700. The quantitative estimate of drug-likeness (QED) is 0.385. The molecule has 0 fully saturated rings. The molecule has 164 valence electrons. The van der Waals surface area contributed by atoms with E-state index in [1.165, 1.54) is 11.3 Å². The minimum atomic E-state index is -5.01. The summed E-state index contributed by atoms with van der Waals surface area (Å²) in [6.07, 6.45) is -5.82. The highest BCUT2D eigenvalue weighted by Crippen LogP contribution is 2.36. The van der Waals surface area contributed by atoms with Gasteiger partial charge in [-0.15, -0.1) is 11.3 Å². The molecule has 0 unspecified atom stereocenters. The fourth-order valence-corrected chi connectivity index (χ4v) is 3.56. The summed E-state index contributed by atoms with van der Waals surface area (Å²) in [7, 11) is 0. The zero-order valence-corrected chi connectivity index (χ0v) is 16.5. The second-order valence-electron chi connectivity index (χ2n) is 6.52. The number of thiazole rings is 1. The number of nitrogens with one attached hydrogen (secondary N) is 1. The predicted octanol–water partition coefficient (Wildman–Crippen LogP) is 5.61. The average Bonchev–Trinajstić information content (AvgIpc) is 3.19. The van der Waals surface area contributed by atoms with Crippen LogP contribution >= 0.6 is 11.3 Å². The Kier molecular flexibility index (Phi) is 6.63. The van der Waals surface area contributed by atoms with E-state index in [1.807, 2.05) is 17.5 Å². The van der Waals surface area contributed by atoms with Crippen LogP contribution in [0.3, 0.4) is 0 Å². The van der Waals surface area contributed by atoms with Crippen molar-refractivity contribution in [2.24, 2.45) is 0 Å². The third kappa shape index (κ3) is 6.03. The summed E-state index contributed by atoms with van der Waals surface area (Å²) in [5.74, 6) is -1.01. The Hall–Kier alpha value is -2.95. The van der Waals surface area contributed by atoms with Gasteiger partial charge in [0.2, 0.25) is 0 Å². The lowest BCUT2D eigenvalue weighted by Crippen LogP contribution is -2.26. The lowest BCUT2D eigenvalue weighted by molar-refractivity contribution is -0.143. The number of alkyl halides is 6. The van der Waals surface area contributed by atoms with Crippen LogP contribution in [-0.2, 0) is 18.8 Å². The van der Waals surface area contributed by atoms with E-state index in [0.29, 0.717) is 25.0 Å². The van der Waals surface area contributed by atoms with Gasteiger partial charge in [-0.25, -0.2) is 4.98 Å². The van der Waals surface area contributed by atoms with Crippen LogP contribution < -0.4 is 5.32 Å². The second-order valence-corrected chi connectivity index (χ2v) is 7.46. The number of hydrogen-bond donors (Lipinski definition) is 1. The molecule has 31 heavy (non-hydrogen) atoms. The fraction of sp³-hybridized carbons (Fsp3) is 0.250. The van der Waals surface area contributed by atoms with Crippen LogP contribution in [0, 0.1) is 0 Å². The van der Waals surface area contributed by atoms with E-state index >= 15 is 0 Å². The van der Waals surface area contributed by atoms with Gasteiger partial charge in [0.05, 0.1) is 21.8 Å². The Morgan fingerprint density at radius 3 is 2.16 bits per heavy atom. The number of benzene rings is 1. The summed E-state index contributed by atoms with van der Waals surface area (Å²) < 4.78 is 77.5. The Balaban J connectivity index is 1.60. The highest BCUT2D eigenvalue weighted by Gasteiger charge is 2.37. The Morgan fingerprint density at radius 1 is 0.968 bits per heavy atom. The summed E-state index contributed by atoms with van der Waals surface area (Å²) in [6, 6.07) is 4.42. The maximum atomic E-state index is 12.9. The van der Waals surface area contributed by atoms with Gasteiger partial charge in [0, 0.05) is 41.9 Å². The number of hydrogen-bond acceptors (Lipinski definition) is 4.